The van der Waals surface area contributed by atoms with Crippen molar-refractivity contribution in [1.29, 1.82) is 0 Å². The van der Waals surface area contributed by atoms with E-state index in [2.05, 4.69) is 10.6 Å². The molecule has 0 spiro atoms. The second-order valence-corrected chi connectivity index (χ2v) is 9.73. The van der Waals surface area contributed by atoms with Crippen molar-refractivity contribution in [3.8, 4) is 0 Å². The van der Waals surface area contributed by atoms with Gasteiger partial charge < -0.3 is 10.6 Å². The molecule has 9 heteroatoms. The van der Waals surface area contributed by atoms with Crippen LogP contribution in [0.4, 0.5) is 24.5 Å². The Labute approximate surface area is 200 Å². The molecule has 1 fully saturated rings. The lowest BCUT2D eigenvalue weighted by Crippen LogP contribution is -2.25. The van der Waals surface area contributed by atoms with E-state index in [0.717, 1.165) is 48.8 Å². The molecule has 1 aliphatic rings. The number of amides is 2. The Balaban J connectivity index is 1.66. The van der Waals surface area contributed by atoms with Crippen molar-refractivity contribution in [1.82, 2.24) is 0 Å². The largest absolute Gasteiger partial charge is 0.416 e. The zero-order valence-electron chi connectivity index (χ0n) is 18.2. The molecule has 3 rings (SSSR count). The number of hydrogen-bond donors (Lipinski definition) is 2. The standard InChI is InChI=1S/C24H26ClF3N2O2S/c1-2-21(23(32)30-20-13-16(24(26,27)28)11-12-19(20)25)33-18-10-6-9-17(14-18)29-22(31)15-7-4-3-5-8-15/h6,9-15,21H,2-5,7-8H2,1H3,(H,29,31)(H,30,32). The monoisotopic (exact) mass is 498 g/mol. The number of anilines is 2. The molecule has 0 aromatic heterocycles. The first-order valence-electron chi connectivity index (χ1n) is 10.9. The molecule has 0 radical (unpaired) electrons. The Bertz CT molecular complexity index is 994. The SMILES string of the molecule is CCC(Sc1cccc(NC(=O)C2CCCCC2)c1)C(=O)Nc1cc(C(F)(F)F)ccc1Cl. The van der Waals surface area contributed by atoms with Crippen molar-refractivity contribution in [2.24, 2.45) is 5.92 Å². The topological polar surface area (TPSA) is 58.2 Å². The molecule has 2 N–H and O–H groups in total. The van der Waals surface area contributed by atoms with Gasteiger partial charge in [0, 0.05) is 16.5 Å². The van der Waals surface area contributed by atoms with Crippen LogP contribution in [0.2, 0.25) is 5.02 Å². The first kappa shape index (κ1) is 25.4. The van der Waals surface area contributed by atoms with Gasteiger partial charge in [0.25, 0.3) is 0 Å². The highest BCUT2D eigenvalue weighted by molar-refractivity contribution is 8.00. The van der Waals surface area contributed by atoms with Crippen molar-refractivity contribution in [3.63, 3.8) is 0 Å². The Hall–Kier alpha value is -2.19. The lowest BCUT2D eigenvalue weighted by Gasteiger charge is -2.21. The summed E-state index contributed by atoms with van der Waals surface area (Å²) in [7, 11) is 0. The molecule has 1 atom stereocenters. The summed E-state index contributed by atoms with van der Waals surface area (Å²) in [6, 6.07) is 10.1. The number of nitrogens with one attached hydrogen (secondary N) is 2. The molecule has 2 aromatic carbocycles. The van der Waals surface area contributed by atoms with Gasteiger partial charge in [-0.2, -0.15) is 13.2 Å². The predicted molar refractivity (Wildman–Crippen MR) is 127 cm³/mol. The highest BCUT2D eigenvalue weighted by Crippen LogP contribution is 2.35. The zero-order chi connectivity index (χ0) is 24.0. The summed E-state index contributed by atoms with van der Waals surface area (Å²) in [5, 5.41) is 4.96. The molecule has 2 aromatic rings. The average molecular weight is 499 g/mol. The summed E-state index contributed by atoms with van der Waals surface area (Å²) in [6.45, 7) is 1.82. The first-order chi connectivity index (χ1) is 15.7. The van der Waals surface area contributed by atoms with Gasteiger partial charge in [0.15, 0.2) is 0 Å². The van der Waals surface area contributed by atoms with Crippen LogP contribution in [0.15, 0.2) is 47.4 Å². The zero-order valence-corrected chi connectivity index (χ0v) is 19.7. The molecule has 0 bridgehead atoms. The van der Waals surface area contributed by atoms with Crippen molar-refractivity contribution >= 4 is 46.6 Å². The summed E-state index contributed by atoms with van der Waals surface area (Å²) >= 11 is 7.28. The van der Waals surface area contributed by atoms with Gasteiger partial charge in [-0.1, -0.05) is 43.9 Å². The van der Waals surface area contributed by atoms with Crippen LogP contribution < -0.4 is 10.6 Å². The fourth-order valence-electron chi connectivity index (χ4n) is 3.75. The minimum absolute atomic E-state index is 0.0147. The van der Waals surface area contributed by atoms with Crippen LogP contribution in [0, 0.1) is 5.92 Å². The van der Waals surface area contributed by atoms with Gasteiger partial charge in [0.2, 0.25) is 11.8 Å². The first-order valence-corrected chi connectivity index (χ1v) is 12.2. The normalized spacial score (nSPS) is 15.7. The number of benzene rings is 2. The molecule has 4 nitrogen and oxygen atoms in total. The van der Waals surface area contributed by atoms with E-state index in [1.807, 2.05) is 13.0 Å². The van der Waals surface area contributed by atoms with E-state index in [-0.39, 0.29) is 22.5 Å². The fourth-order valence-corrected chi connectivity index (χ4v) is 4.93. The van der Waals surface area contributed by atoms with Crippen LogP contribution in [-0.4, -0.2) is 17.1 Å². The summed E-state index contributed by atoms with van der Waals surface area (Å²) in [6.07, 6.45) is 1.01. The molecule has 0 heterocycles. The van der Waals surface area contributed by atoms with Crippen molar-refractivity contribution in [2.75, 3.05) is 10.6 Å². The third kappa shape index (κ3) is 7.14. The van der Waals surface area contributed by atoms with Crippen molar-refractivity contribution in [2.45, 2.75) is 61.8 Å². The Morgan fingerprint density at radius 1 is 1.09 bits per heavy atom. The van der Waals surface area contributed by atoms with Gasteiger partial charge in [-0.15, -0.1) is 11.8 Å². The minimum Gasteiger partial charge on any atom is -0.326 e. The number of rotatable bonds is 7. The molecule has 2 amide bonds. The van der Waals surface area contributed by atoms with Gasteiger partial charge in [-0.05, 0) is 55.7 Å². The van der Waals surface area contributed by atoms with Gasteiger partial charge in [-0.3, -0.25) is 9.59 Å². The summed E-state index contributed by atoms with van der Waals surface area (Å²) in [4.78, 5) is 26.1. The van der Waals surface area contributed by atoms with E-state index in [1.165, 1.54) is 18.2 Å². The Morgan fingerprint density at radius 3 is 2.48 bits per heavy atom. The maximum atomic E-state index is 13.0. The molecular formula is C24H26ClF3N2O2S. The third-order valence-corrected chi connectivity index (χ3v) is 7.26. The highest BCUT2D eigenvalue weighted by Gasteiger charge is 2.31. The molecule has 1 unspecified atom stereocenters. The van der Waals surface area contributed by atoms with E-state index in [9.17, 15) is 22.8 Å². The summed E-state index contributed by atoms with van der Waals surface area (Å²) < 4.78 is 39.0. The van der Waals surface area contributed by atoms with Crippen molar-refractivity contribution < 1.29 is 22.8 Å². The highest BCUT2D eigenvalue weighted by atomic mass is 35.5. The quantitative estimate of drug-likeness (QED) is 0.391. The average Bonchev–Trinajstić information content (AvgIpc) is 2.79. The maximum absolute atomic E-state index is 13.0. The second-order valence-electron chi connectivity index (χ2n) is 8.05. The van der Waals surface area contributed by atoms with E-state index in [1.54, 1.807) is 18.2 Å². The molecule has 178 valence electrons. The fraction of sp³-hybridized carbons (Fsp3) is 0.417. The van der Waals surface area contributed by atoms with Gasteiger partial charge >= 0.3 is 6.18 Å². The maximum Gasteiger partial charge on any atom is 0.416 e. The number of alkyl halides is 3. The van der Waals surface area contributed by atoms with Gasteiger partial charge in [-0.25, -0.2) is 0 Å². The van der Waals surface area contributed by atoms with Crippen LogP contribution in [0.25, 0.3) is 0 Å². The lowest BCUT2D eigenvalue weighted by molar-refractivity contribution is -0.137. The van der Waals surface area contributed by atoms with Gasteiger partial charge in [0.1, 0.15) is 0 Å². The number of carbonyl (C=O) groups excluding carboxylic acids is 2. The molecule has 1 aliphatic carbocycles. The molecule has 0 saturated heterocycles. The van der Waals surface area contributed by atoms with Crippen LogP contribution in [0.3, 0.4) is 0 Å². The Kier molecular flexibility index (Phi) is 8.70. The van der Waals surface area contributed by atoms with Gasteiger partial charge in [0.05, 0.1) is 21.5 Å². The van der Waals surface area contributed by atoms with E-state index >= 15 is 0 Å². The minimum atomic E-state index is -4.54. The molecule has 1 saturated carbocycles. The summed E-state index contributed by atoms with van der Waals surface area (Å²) in [5.41, 5.74) is -0.305. The smallest absolute Gasteiger partial charge is 0.326 e. The van der Waals surface area contributed by atoms with Crippen LogP contribution >= 0.6 is 23.4 Å². The predicted octanol–water partition coefficient (Wildman–Crippen LogP) is 7.39. The second kappa shape index (κ2) is 11.3. The van der Waals surface area contributed by atoms with Crippen LogP contribution in [0.5, 0.6) is 0 Å². The lowest BCUT2D eigenvalue weighted by atomic mass is 9.88. The Morgan fingerprint density at radius 2 is 1.82 bits per heavy atom. The number of carbonyl (C=O) groups is 2. The van der Waals surface area contributed by atoms with E-state index in [0.29, 0.717) is 12.1 Å². The van der Waals surface area contributed by atoms with E-state index < -0.39 is 22.9 Å². The third-order valence-electron chi connectivity index (χ3n) is 5.57. The van der Waals surface area contributed by atoms with Crippen LogP contribution in [0.1, 0.15) is 51.0 Å². The van der Waals surface area contributed by atoms with Crippen LogP contribution in [-0.2, 0) is 15.8 Å². The van der Waals surface area contributed by atoms with E-state index in [4.69, 9.17) is 11.6 Å². The number of halogens is 4. The molecular weight excluding hydrogens is 473 g/mol. The number of thioether (sulfide) groups is 1. The summed E-state index contributed by atoms with van der Waals surface area (Å²) in [5.74, 6) is -0.400. The van der Waals surface area contributed by atoms with Crippen molar-refractivity contribution in [3.05, 3.63) is 53.1 Å². The molecule has 33 heavy (non-hydrogen) atoms. The molecule has 0 aliphatic heterocycles. The number of hydrogen-bond acceptors (Lipinski definition) is 3.